The maximum Gasteiger partial charge on any atom is 0.238 e. The second-order valence-electron chi connectivity index (χ2n) is 4.94. The lowest BCUT2D eigenvalue weighted by Crippen LogP contribution is -2.41. The van der Waals surface area contributed by atoms with Gasteiger partial charge in [0, 0.05) is 24.8 Å². The fourth-order valence-electron chi connectivity index (χ4n) is 2.03. The largest absolute Gasteiger partial charge is 0.342 e. The van der Waals surface area contributed by atoms with Gasteiger partial charge in [-0.15, -0.1) is 0 Å². The molecule has 0 aliphatic heterocycles. The summed E-state index contributed by atoms with van der Waals surface area (Å²) in [7, 11) is 1.63. The third-order valence-electron chi connectivity index (χ3n) is 3.08. The van der Waals surface area contributed by atoms with E-state index in [1.165, 1.54) is 0 Å². The number of carbonyl (C=O) groups excluding carboxylic acids is 2. The molecule has 1 aromatic carbocycles. The molecule has 0 heterocycles. The Hall–Kier alpha value is -2.02. The Morgan fingerprint density at radius 1 is 1.05 bits per heavy atom. The highest BCUT2D eigenvalue weighted by atomic mass is 19.1. The van der Waals surface area contributed by atoms with Gasteiger partial charge in [-0.25, -0.2) is 8.78 Å². The van der Waals surface area contributed by atoms with Crippen LogP contribution in [0.5, 0.6) is 0 Å². The van der Waals surface area contributed by atoms with Crippen LogP contribution < -0.4 is 5.32 Å². The summed E-state index contributed by atoms with van der Waals surface area (Å²) in [5, 5.41) is 2.40. The predicted molar refractivity (Wildman–Crippen MR) is 80.4 cm³/mol. The van der Waals surface area contributed by atoms with Crippen molar-refractivity contribution in [1.29, 1.82) is 0 Å². The Morgan fingerprint density at radius 2 is 1.59 bits per heavy atom. The number of benzene rings is 1. The summed E-state index contributed by atoms with van der Waals surface area (Å²) >= 11 is 0. The standard InChI is InChI=1S/C15H21F2N3O2/c1-4-20(5-2)15(22)10-19(3)9-14(21)18-13-7-11(16)6-12(17)8-13/h6-8H,4-5,9-10H2,1-3H3,(H,18,21). The van der Waals surface area contributed by atoms with Crippen LogP contribution in [0.3, 0.4) is 0 Å². The van der Waals surface area contributed by atoms with E-state index in [1.807, 2.05) is 13.8 Å². The molecule has 0 bridgehead atoms. The number of likely N-dealkylation sites (N-methyl/N-ethyl adjacent to an activating group) is 2. The molecule has 5 nitrogen and oxygen atoms in total. The Bertz CT molecular complexity index is 513. The zero-order chi connectivity index (χ0) is 16.7. The predicted octanol–water partition coefficient (Wildman–Crippen LogP) is 1.70. The van der Waals surface area contributed by atoms with Crippen molar-refractivity contribution < 1.29 is 18.4 Å². The lowest BCUT2D eigenvalue weighted by atomic mass is 10.3. The summed E-state index contributed by atoms with van der Waals surface area (Å²) in [6.45, 7) is 5.03. The number of hydrogen-bond acceptors (Lipinski definition) is 3. The maximum atomic E-state index is 13.0. The van der Waals surface area contributed by atoms with E-state index in [9.17, 15) is 18.4 Å². The van der Waals surface area contributed by atoms with Crippen molar-refractivity contribution in [2.45, 2.75) is 13.8 Å². The Morgan fingerprint density at radius 3 is 2.09 bits per heavy atom. The van der Waals surface area contributed by atoms with Gasteiger partial charge in [-0.05, 0) is 33.0 Å². The molecule has 122 valence electrons. The van der Waals surface area contributed by atoms with E-state index in [1.54, 1.807) is 16.8 Å². The van der Waals surface area contributed by atoms with E-state index in [4.69, 9.17) is 0 Å². The quantitative estimate of drug-likeness (QED) is 0.834. The Labute approximate surface area is 128 Å². The molecule has 0 radical (unpaired) electrons. The number of nitrogens with zero attached hydrogens (tertiary/aromatic N) is 2. The van der Waals surface area contributed by atoms with Gasteiger partial charge in [0.05, 0.1) is 13.1 Å². The summed E-state index contributed by atoms with van der Waals surface area (Å²) in [6, 6.07) is 2.79. The molecule has 22 heavy (non-hydrogen) atoms. The summed E-state index contributed by atoms with van der Waals surface area (Å²) < 4.78 is 26.1. The normalized spacial score (nSPS) is 10.6. The molecular weight excluding hydrogens is 292 g/mol. The summed E-state index contributed by atoms with van der Waals surface area (Å²) in [5.74, 6) is -2.04. The lowest BCUT2D eigenvalue weighted by molar-refractivity contribution is -0.132. The van der Waals surface area contributed by atoms with Crippen LogP contribution in [0.25, 0.3) is 0 Å². The minimum Gasteiger partial charge on any atom is -0.342 e. The monoisotopic (exact) mass is 313 g/mol. The molecule has 7 heteroatoms. The van der Waals surface area contributed by atoms with E-state index >= 15 is 0 Å². The molecule has 1 aromatic rings. The lowest BCUT2D eigenvalue weighted by Gasteiger charge is -2.22. The van der Waals surface area contributed by atoms with Crippen LogP contribution in [0.15, 0.2) is 18.2 Å². The third kappa shape index (κ3) is 5.77. The zero-order valence-electron chi connectivity index (χ0n) is 13.0. The molecule has 0 atom stereocenters. The van der Waals surface area contributed by atoms with Crippen LogP contribution in [-0.2, 0) is 9.59 Å². The van der Waals surface area contributed by atoms with Crippen molar-refractivity contribution in [3.05, 3.63) is 29.8 Å². The molecule has 1 rings (SSSR count). The molecule has 0 unspecified atom stereocenters. The van der Waals surface area contributed by atoms with Crippen LogP contribution in [0.1, 0.15) is 13.8 Å². The molecular formula is C15H21F2N3O2. The summed E-state index contributed by atoms with van der Waals surface area (Å²) in [5.41, 5.74) is 0.0472. The highest BCUT2D eigenvalue weighted by Crippen LogP contribution is 2.12. The van der Waals surface area contributed by atoms with Gasteiger partial charge < -0.3 is 10.2 Å². The first-order valence-electron chi connectivity index (χ1n) is 7.08. The number of nitrogens with one attached hydrogen (secondary N) is 1. The zero-order valence-corrected chi connectivity index (χ0v) is 13.0. The van der Waals surface area contributed by atoms with Crippen molar-refractivity contribution in [3.8, 4) is 0 Å². The highest BCUT2D eigenvalue weighted by Gasteiger charge is 2.15. The van der Waals surface area contributed by atoms with Gasteiger partial charge in [-0.1, -0.05) is 0 Å². The van der Waals surface area contributed by atoms with Gasteiger partial charge in [0.15, 0.2) is 0 Å². The maximum absolute atomic E-state index is 13.0. The number of carbonyl (C=O) groups is 2. The Kier molecular flexibility index (Phi) is 6.91. The second-order valence-corrected chi connectivity index (χ2v) is 4.94. The number of halogens is 2. The van der Waals surface area contributed by atoms with Gasteiger partial charge in [0.1, 0.15) is 11.6 Å². The second kappa shape index (κ2) is 8.43. The molecule has 0 aromatic heterocycles. The molecule has 0 aliphatic carbocycles. The number of anilines is 1. The Balaban J connectivity index is 2.52. The van der Waals surface area contributed by atoms with Gasteiger partial charge in [-0.3, -0.25) is 14.5 Å². The van der Waals surface area contributed by atoms with E-state index < -0.39 is 17.5 Å². The fraction of sp³-hybridized carbons (Fsp3) is 0.467. The average molecular weight is 313 g/mol. The molecule has 1 N–H and O–H groups in total. The molecule has 2 amide bonds. The van der Waals surface area contributed by atoms with Crippen LogP contribution in [0.4, 0.5) is 14.5 Å². The van der Waals surface area contributed by atoms with Crippen LogP contribution in [0, 0.1) is 11.6 Å². The van der Waals surface area contributed by atoms with Crippen LogP contribution in [-0.4, -0.2) is 54.8 Å². The first-order valence-corrected chi connectivity index (χ1v) is 7.08. The molecule has 0 aliphatic rings. The average Bonchev–Trinajstić information content (AvgIpc) is 2.37. The topological polar surface area (TPSA) is 52.7 Å². The van der Waals surface area contributed by atoms with Gasteiger partial charge >= 0.3 is 0 Å². The van der Waals surface area contributed by atoms with Crippen molar-refractivity contribution in [3.63, 3.8) is 0 Å². The van der Waals surface area contributed by atoms with E-state index in [-0.39, 0.29) is 24.7 Å². The number of hydrogen-bond donors (Lipinski definition) is 1. The minimum atomic E-state index is -0.764. The van der Waals surface area contributed by atoms with Crippen molar-refractivity contribution >= 4 is 17.5 Å². The number of rotatable bonds is 7. The van der Waals surface area contributed by atoms with Crippen molar-refractivity contribution in [1.82, 2.24) is 9.80 Å². The molecule has 0 spiro atoms. The highest BCUT2D eigenvalue weighted by molar-refractivity contribution is 5.92. The van der Waals surface area contributed by atoms with Gasteiger partial charge in [-0.2, -0.15) is 0 Å². The number of amides is 2. The van der Waals surface area contributed by atoms with Gasteiger partial charge in [0.2, 0.25) is 11.8 Å². The fourth-order valence-corrected chi connectivity index (χ4v) is 2.03. The van der Waals surface area contributed by atoms with Crippen LogP contribution in [0.2, 0.25) is 0 Å². The molecule has 0 fully saturated rings. The SMILES string of the molecule is CCN(CC)C(=O)CN(C)CC(=O)Nc1cc(F)cc(F)c1. The van der Waals surface area contributed by atoms with E-state index in [2.05, 4.69) is 5.32 Å². The first-order chi connectivity index (χ1) is 10.3. The summed E-state index contributed by atoms with van der Waals surface area (Å²) in [4.78, 5) is 26.9. The van der Waals surface area contributed by atoms with Gasteiger partial charge in [0.25, 0.3) is 0 Å². The molecule has 0 saturated heterocycles. The molecule has 0 saturated carbocycles. The smallest absolute Gasteiger partial charge is 0.238 e. The van der Waals surface area contributed by atoms with Crippen molar-refractivity contribution in [2.75, 3.05) is 38.5 Å². The van der Waals surface area contributed by atoms with E-state index in [0.29, 0.717) is 13.1 Å². The van der Waals surface area contributed by atoms with E-state index in [0.717, 1.165) is 18.2 Å². The minimum absolute atomic E-state index is 0.0472. The first kappa shape index (κ1) is 18.0. The van der Waals surface area contributed by atoms with Crippen molar-refractivity contribution in [2.24, 2.45) is 0 Å². The third-order valence-corrected chi connectivity index (χ3v) is 3.08. The summed E-state index contributed by atoms with van der Waals surface area (Å²) in [6.07, 6.45) is 0. The van der Waals surface area contributed by atoms with Crippen LogP contribution >= 0.6 is 0 Å².